The van der Waals surface area contributed by atoms with Gasteiger partial charge in [-0.3, -0.25) is 9.59 Å². The van der Waals surface area contributed by atoms with Crippen LogP contribution in [-0.4, -0.2) is 25.0 Å². The highest BCUT2D eigenvalue weighted by atomic mass is 16.5. The first kappa shape index (κ1) is 19.9. The number of hydrogen-bond donors (Lipinski definition) is 0. The van der Waals surface area contributed by atoms with Crippen LogP contribution in [0.5, 0.6) is 11.5 Å². The zero-order valence-corrected chi connectivity index (χ0v) is 17.7. The number of amides is 1. The van der Waals surface area contributed by atoms with E-state index >= 15 is 0 Å². The highest BCUT2D eigenvalue weighted by Gasteiger charge is 2.42. The first-order valence-electron chi connectivity index (χ1n) is 10.2. The fraction of sp³-hybridized carbons (Fsp3) is 0.154. The molecule has 0 aliphatic carbocycles. The van der Waals surface area contributed by atoms with Crippen molar-refractivity contribution >= 4 is 16.9 Å². The summed E-state index contributed by atoms with van der Waals surface area (Å²) < 4.78 is 16.5. The second-order valence-electron chi connectivity index (χ2n) is 7.63. The number of methoxy groups -OCH3 is 2. The van der Waals surface area contributed by atoms with Crippen LogP contribution in [0.15, 0.2) is 82.0 Å². The Labute approximate surface area is 184 Å². The molecule has 1 aromatic heterocycles. The third-order valence-corrected chi connectivity index (χ3v) is 5.82. The van der Waals surface area contributed by atoms with Gasteiger partial charge in [-0.05, 0) is 47.5 Å². The number of carbonyl (C=O) groups excluding carboxylic acids is 1. The van der Waals surface area contributed by atoms with Crippen LogP contribution < -0.4 is 14.9 Å². The summed E-state index contributed by atoms with van der Waals surface area (Å²) in [5.41, 5.74) is 2.32. The molecule has 1 atom stereocenters. The zero-order chi connectivity index (χ0) is 22.2. The summed E-state index contributed by atoms with van der Waals surface area (Å²) in [5.74, 6) is 1.23. The lowest BCUT2D eigenvalue weighted by atomic mass is 9.98. The number of para-hydroxylation sites is 1. The lowest BCUT2D eigenvalue weighted by Crippen LogP contribution is -2.29. The summed E-state index contributed by atoms with van der Waals surface area (Å²) in [6.07, 6.45) is 0. The number of carbonyl (C=O) groups is 1. The van der Waals surface area contributed by atoms with Crippen LogP contribution in [0.2, 0.25) is 0 Å². The molecule has 0 fully saturated rings. The Morgan fingerprint density at radius 3 is 2.12 bits per heavy atom. The van der Waals surface area contributed by atoms with Crippen molar-refractivity contribution in [1.82, 2.24) is 4.90 Å². The molecule has 32 heavy (non-hydrogen) atoms. The first-order valence-corrected chi connectivity index (χ1v) is 10.2. The lowest BCUT2D eigenvalue weighted by Gasteiger charge is -2.25. The topological polar surface area (TPSA) is 69.0 Å². The third kappa shape index (κ3) is 3.21. The van der Waals surface area contributed by atoms with Crippen molar-refractivity contribution in [3.63, 3.8) is 0 Å². The van der Waals surface area contributed by atoms with Gasteiger partial charge < -0.3 is 18.8 Å². The Morgan fingerprint density at radius 2 is 1.47 bits per heavy atom. The van der Waals surface area contributed by atoms with Crippen LogP contribution in [-0.2, 0) is 6.54 Å². The summed E-state index contributed by atoms with van der Waals surface area (Å²) in [6.45, 7) is 0.319. The van der Waals surface area contributed by atoms with Gasteiger partial charge >= 0.3 is 0 Å². The largest absolute Gasteiger partial charge is 0.497 e. The van der Waals surface area contributed by atoms with Gasteiger partial charge in [0.15, 0.2) is 5.43 Å². The van der Waals surface area contributed by atoms with E-state index in [-0.39, 0.29) is 17.1 Å². The minimum atomic E-state index is -0.564. The molecular weight excluding hydrogens is 406 g/mol. The molecule has 1 unspecified atom stereocenters. The minimum Gasteiger partial charge on any atom is -0.497 e. The predicted molar refractivity (Wildman–Crippen MR) is 120 cm³/mol. The van der Waals surface area contributed by atoms with E-state index in [9.17, 15) is 9.59 Å². The van der Waals surface area contributed by atoms with Crippen LogP contribution in [0.3, 0.4) is 0 Å². The smallest absolute Gasteiger partial charge is 0.291 e. The summed E-state index contributed by atoms with van der Waals surface area (Å²) in [5, 5.41) is 0.462. The van der Waals surface area contributed by atoms with Crippen molar-refractivity contribution in [3.05, 3.63) is 105 Å². The Bertz CT molecular complexity index is 1360. The standard InChI is InChI=1S/C26H21NO5/c1-30-18-11-7-16(8-12-18)15-27-23(17-9-13-19(31-2)14-10-17)22-24(28)20-5-3-4-6-21(20)32-25(22)26(27)29/h3-14,23H,15H2,1-2H3. The molecule has 0 saturated carbocycles. The number of ether oxygens (including phenoxy) is 2. The molecule has 0 saturated heterocycles. The number of fused-ring (bicyclic) bond motifs is 2. The molecule has 0 radical (unpaired) electrons. The van der Waals surface area contributed by atoms with Gasteiger partial charge in [0.25, 0.3) is 5.91 Å². The second kappa shape index (κ2) is 7.89. The van der Waals surface area contributed by atoms with E-state index in [0.717, 1.165) is 16.9 Å². The molecule has 1 aliphatic heterocycles. The molecule has 0 bridgehead atoms. The number of hydrogen-bond acceptors (Lipinski definition) is 5. The van der Waals surface area contributed by atoms with Crippen LogP contribution in [0.25, 0.3) is 11.0 Å². The van der Waals surface area contributed by atoms with Crippen molar-refractivity contribution in [2.75, 3.05) is 14.2 Å². The molecule has 0 spiro atoms. The summed E-state index contributed by atoms with van der Waals surface area (Å²) in [6, 6.07) is 21.4. The molecule has 5 rings (SSSR count). The van der Waals surface area contributed by atoms with E-state index in [1.54, 1.807) is 43.4 Å². The SMILES string of the molecule is COc1ccc(CN2C(=O)c3oc4ccccc4c(=O)c3C2c2ccc(OC)cc2)cc1. The van der Waals surface area contributed by atoms with E-state index < -0.39 is 6.04 Å². The lowest BCUT2D eigenvalue weighted by molar-refractivity contribution is 0.0714. The van der Waals surface area contributed by atoms with Crippen LogP contribution in [0.1, 0.15) is 33.3 Å². The van der Waals surface area contributed by atoms with Gasteiger partial charge in [0.2, 0.25) is 5.76 Å². The summed E-state index contributed by atoms with van der Waals surface area (Å²) in [4.78, 5) is 28.6. The maximum absolute atomic E-state index is 13.5. The van der Waals surface area contributed by atoms with E-state index in [0.29, 0.717) is 28.8 Å². The van der Waals surface area contributed by atoms with Crippen molar-refractivity contribution in [2.45, 2.75) is 12.6 Å². The van der Waals surface area contributed by atoms with Crippen LogP contribution in [0, 0.1) is 0 Å². The van der Waals surface area contributed by atoms with E-state index in [1.165, 1.54) is 0 Å². The first-order chi connectivity index (χ1) is 15.6. The number of rotatable bonds is 5. The van der Waals surface area contributed by atoms with Gasteiger partial charge in [-0.1, -0.05) is 36.4 Å². The van der Waals surface area contributed by atoms with Gasteiger partial charge in [0, 0.05) is 6.54 Å². The van der Waals surface area contributed by atoms with Gasteiger partial charge in [-0.2, -0.15) is 0 Å². The molecule has 6 heteroatoms. The van der Waals surface area contributed by atoms with Gasteiger partial charge in [0.1, 0.15) is 17.1 Å². The molecule has 1 amide bonds. The Kier molecular flexibility index (Phi) is 4.90. The fourth-order valence-electron chi connectivity index (χ4n) is 4.19. The molecule has 4 aromatic rings. The van der Waals surface area contributed by atoms with E-state index in [2.05, 4.69) is 0 Å². The molecule has 1 aliphatic rings. The number of nitrogens with zero attached hydrogens (tertiary/aromatic N) is 1. The second-order valence-corrected chi connectivity index (χ2v) is 7.63. The van der Waals surface area contributed by atoms with Crippen molar-refractivity contribution in [1.29, 1.82) is 0 Å². The molecule has 3 aromatic carbocycles. The third-order valence-electron chi connectivity index (χ3n) is 5.82. The maximum Gasteiger partial charge on any atom is 0.291 e. The van der Waals surface area contributed by atoms with Crippen molar-refractivity contribution in [2.24, 2.45) is 0 Å². The fourth-order valence-corrected chi connectivity index (χ4v) is 4.19. The predicted octanol–water partition coefficient (Wildman–Crippen LogP) is 4.56. The zero-order valence-electron chi connectivity index (χ0n) is 17.7. The van der Waals surface area contributed by atoms with Crippen molar-refractivity contribution in [3.8, 4) is 11.5 Å². The maximum atomic E-state index is 13.5. The molecule has 6 nitrogen and oxygen atoms in total. The quantitative estimate of drug-likeness (QED) is 0.467. The molecule has 0 N–H and O–H groups in total. The van der Waals surface area contributed by atoms with Gasteiger partial charge in [-0.25, -0.2) is 0 Å². The molecule has 160 valence electrons. The molecular formula is C26H21NO5. The minimum absolute atomic E-state index is 0.100. The highest BCUT2D eigenvalue weighted by molar-refractivity contribution is 5.99. The Morgan fingerprint density at radius 1 is 0.844 bits per heavy atom. The summed E-state index contributed by atoms with van der Waals surface area (Å²) in [7, 11) is 3.21. The normalized spacial score (nSPS) is 15.1. The molecule has 2 heterocycles. The monoisotopic (exact) mass is 427 g/mol. The average Bonchev–Trinajstić information content (AvgIpc) is 3.11. The van der Waals surface area contributed by atoms with Crippen molar-refractivity contribution < 1.29 is 18.7 Å². The van der Waals surface area contributed by atoms with Gasteiger partial charge in [-0.15, -0.1) is 0 Å². The Balaban J connectivity index is 1.66. The van der Waals surface area contributed by atoms with Crippen LogP contribution in [0.4, 0.5) is 0 Å². The van der Waals surface area contributed by atoms with E-state index in [4.69, 9.17) is 13.9 Å². The van der Waals surface area contributed by atoms with Crippen LogP contribution >= 0.6 is 0 Å². The average molecular weight is 427 g/mol. The highest BCUT2D eigenvalue weighted by Crippen LogP contribution is 2.39. The number of benzene rings is 3. The van der Waals surface area contributed by atoms with E-state index in [1.807, 2.05) is 48.5 Å². The Hall–Kier alpha value is -4.06. The van der Waals surface area contributed by atoms with Gasteiger partial charge in [0.05, 0.1) is 31.2 Å². The summed E-state index contributed by atoms with van der Waals surface area (Å²) >= 11 is 0.